The number of carboxylic acid groups (broad SMARTS) is 1. The number of unbranched alkanes of at least 4 members (excludes halogenated alkanes) is 20. The van der Waals surface area contributed by atoms with E-state index < -0.39 is 12.1 Å². The molecule has 0 saturated heterocycles. The van der Waals surface area contributed by atoms with E-state index in [9.17, 15) is 18.0 Å². The third kappa shape index (κ3) is 39.9. The van der Waals surface area contributed by atoms with E-state index in [1.165, 1.54) is 109 Å². The Bertz CT molecular complexity index is 1450. The molecule has 0 aromatic carbocycles. The van der Waals surface area contributed by atoms with Crippen LogP contribution < -0.4 is 44.6 Å². The van der Waals surface area contributed by atoms with Gasteiger partial charge < -0.3 is 59.5 Å². The zero-order valence-corrected chi connectivity index (χ0v) is 43.7. The third-order valence-corrected chi connectivity index (χ3v) is 13.0. The molecule has 0 bridgehead atoms. The lowest BCUT2D eigenvalue weighted by atomic mass is 10.1. The monoisotopic (exact) mass is 1010 g/mol. The summed E-state index contributed by atoms with van der Waals surface area (Å²) >= 11 is 0. The first-order valence-electron chi connectivity index (χ1n) is 27.7. The third-order valence-electron chi connectivity index (χ3n) is 13.0. The van der Waals surface area contributed by atoms with Crippen molar-refractivity contribution in [3.8, 4) is 0 Å². The quantitative estimate of drug-likeness (QED) is 0.0161. The summed E-state index contributed by atoms with van der Waals surface area (Å²) in [7, 11) is 0. The van der Waals surface area contributed by atoms with Crippen molar-refractivity contribution in [3.63, 3.8) is 0 Å². The number of guanidine groups is 4. The maximum Gasteiger partial charge on any atom is 0.490 e. The fourth-order valence-corrected chi connectivity index (χ4v) is 7.94. The Hall–Kier alpha value is -4.39. The van der Waals surface area contributed by atoms with Crippen LogP contribution in [-0.2, 0) is 4.79 Å². The lowest BCUT2D eigenvalue weighted by Crippen LogP contribution is -2.45. The fraction of sp³-hybridized carbons (Fsp3) is 0.882. The minimum Gasteiger partial charge on any atom is -0.475 e. The van der Waals surface area contributed by atoms with Crippen molar-refractivity contribution < 1.29 is 27.9 Å². The number of carboxylic acids is 1. The molecule has 3 saturated carbocycles. The molecule has 0 unspecified atom stereocenters. The van der Waals surface area contributed by atoms with Crippen LogP contribution in [0.5, 0.6) is 0 Å². The van der Waals surface area contributed by atoms with Gasteiger partial charge in [0.1, 0.15) is 0 Å². The number of aliphatic imine (C=N–C) groups is 4. The van der Waals surface area contributed by atoms with Gasteiger partial charge in [-0.15, -0.1) is 0 Å². The summed E-state index contributed by atoms with van der Waals surface area (Å²) in [6.45, 7) is 9.36. The maximum absolute atomic E-state index is 14.4. The van der Waals surface area contributed by atoms with Crippen molar-refractivity contribution >= 4 is 35.8 Å². The number of hydrogen-bond donors (Lipinski definition) is 9. The molecule has 71 heavy (non-hydrogen) atoms. The SMILES string of the molecule is NC(N)=NCCCCCCCCN(CCCCCCCCNC(N)=NCC1CC1)C(=O)N(CCCCCCCCNC(N)=NCC1CC1)CCCCCCCCNC(N)=NCC1CC1.O=C(O)C(F)(F)F. The molecule has 0 aromatic heterocycles. The second-order valence-electron chi connectivity index (χ2n) is 20.1. The van der Waals surface area contributed by atoms with Gasteiger partial charge in [-0.2, -0.15) is 13.2 Å². The van der Waals surface area contributed by atoms with E-state index >= 15 is 0 Å². The highest BCUT2D eigenvalue weighted by Gasteiger charge is 2.38. The average Bonchev–Trinajstić information content (AvgIpc) is 4.18. The zero-order valence-electron chi connectivity index (χ0n) is 43.7. The van der Waals surface area contributed by atoms with E-state index in [-0.39, 0.29) is 12.0 Å². The van der Waals surface area contributed by atoms with Crippen LogP contribution >= 0.6 is 0 Å². The molecule has 20 heteroatoms. The number of alkyl halides is 3. The first-order chi connectivity index (χ1) is 34.2. The summed E-state index contributed by atoms with van der Waals surface area (Å²) in [6, 6.07) is 0.253. The highest BCUT2D eigenvalue weighted by atomic mass is 19.4. The van der Waals surface area contributed by atoms with Gasteiger partial charge in [0.05, 0.1) is 0 Å². The Morgan fingerprint density at radius 3 is 0.944 bits per heavy atom. The summed E-state index contributed by atoms with van der Waals surface area (Å²) < 4.78 is 31.7. The van der Waals surface area contributed by atoms with Gasteiger partial charge in [-0.25, -0.2) is 9.59 Å². The number of carbonyl (C=O) groups excluding carboxylic acids is 1. The second kappa shape index (κ2) is 40.1. The number of rotatable bonds is 42. The number of carbonyl (C=O) groups is 2. The van der Waals surface area contributed by atoms with Gasteiger partial charge in [0.15, 0.2) is 23.8 Å². The topological polar surface area (TPSA) is 276 Å². The van der Waals surface area contributed by atoms with E-state index in [2.05, 4.69) is 45.7 Å². The van der Waals surface area contributed by atoms with Crippen molar-refractivity contribution in [3.05, 3.63) is 0 Å². The Kier molecular flexibility index (Phi) is 35.5. The highest BCUT2D eigenvalue weighted by molar-refractivity contribution is 5.78. The van der Waals surface area contributed by atoms with Crippen molar-refractivity contribution in [2.75, 3.05) is 72.0 Å². The molecule has 0 aliphatic heterocycles. The van der Waals surface area contributed by atoms with Crippen LogP contribution in [-0.4, -0.2) is 129 Å². The molecular weight excluding hydrogens is 914 g/mol. The van der Waals surface area contributed by atoms with Gasteiger partial charge in [-0.3, -0.25) is 20.0 Å². The first-order valence-corrected chi connectivity index (χ1v) is 27.7. The largest absolute Gasteiger partial charge is 0.490 e. The standard InChI is InChI=1S/C49H98N14O.C2HF3O2/c50-45(51)55-31-17-9-1-5-13-21-35-62(36-22-14-6-2-10-18-32-56-46(52)59-39-42-25-26-42)49(64)63(37-23-15-7-3-11-19-33-57-47(53)60-40-43-27-28-43)38-24-16-8-4-12-20-34-58-48(54)61-41-44-29-30-44;3-2(4,5)1(6)7/h42-44H,1-41H2,(H4,50,51,55)(H3,52,56,59)(H3,53,57,60)(H3,54,58,61);(H,6,7). The van der Waals surface area contributed by atoms with Crippen LogP contribution in [0.2, 0.25) is 0 Å². The van der Waals surface area contributed by atoms with Crippen molar-refractivity contribution in [2.24, 2.45) is 66.4 Å². The Morgan fingerprint density at radius 2 is 0.690 bits per heavy atom. The van der Waals surface area contributed by atoms with Crippen LogP contribution in [0.25, 0.3) is 0 Å². The number of nitrogens with zero attached hydrogens (tertiary/aromatic N) is 6. The van der Waals surface area contributed by atoms with Crippen LogP contribution in [0, 0.1) is 17.8 Å². The first kappa shape index (κ1) is 62.7. The second-order valence-corrected chi connectivity index (χ2v) is 20.1. The van der Waals surface area contributed by atoms with Crippen LogP contribution in [0.1, 0.15) is 193 Å². The summed E-state index contributed by atoms with van der Waals surface area (Å²) in [5.41, 5.74) is 29.1. The molecule has 412 valence electrons. The van der Waals surface area contributed by atoms with E-state index in [0.29, 0.717) is 24.4 Å². The molecule has 0 spiro atoms. The van der Waals surface area contributed by atoms with Crippen LogP contribution in [0.15, 0.2) is 20.0 Å². The predicted molar refractivity (Wildman–Crippen MR) is 285 cm³/mol. The van der Waals surface area contributed by atoms with E-state index in [0.717, 1.165) is 167 Å². The number of nitrogens with one attached hydrogen (secondary N) is 3. The van der Waals surface area contributed by atoms with Crippen molar-refractivity contribution in [1.29, 1.82) is 0 Å². The van der Waals surface area contributed by atoms with Gasteiger partial charge in [0, 0.05) is 72.0 Å². The molecule has 2 amide bonds. The molecule has 0 aromatic rings. The number of halogens is 3. The van der Waals surface area contributed by atoms with E-state index in [1.807, 2.05) is 0 Å². The molecule has 3 aliphatic rings. The lowest BCUT2D eigenvalue weighted by molar-refractivity contribution is -0.192. The van der Waals surface area contributed by atoms with E-state index in [4.69, 9.17) is 38.6 Å². The van der Waals surface area contributed by atoms with Gasteiger partial charge >= 0.3 is 18.2 Å². The summed E-state index contributed by atoms with van der Waals surface area (Å²) in [6.07, 6.45) is 30.2. The Balaban J connectivity index is 0.00000229. The molecule has 3 fully saturated rings. The number of nitrogens with two attached hydrogens (primary N) is 5. The number of amides is 2. The molecule has 14 N–H and O–H groups in total. The van der Waals surface area contributed by atoms with Gasteiger partial charge in [-0.1, -0.05) is 103 Å². The van der Waals surface area contributed by atoms with Crippen molar-refractivity contribution in [1.82, 2.24) is 25.8 Å². The van der Waals surface area contributed by atoms with E-state index in [1.54, 1.807) is 0 Å². The normalized spacial score (nSPS) is 15.2. The molecular formula is C51H99F3N14O3. The Morgan fingerprint density at radius 1 is 0.437 bits per heavy atom. The number of aliphatic carboxylic acids is 1. The summed E-state index contributed by atoms with van der Waals surface area (Å²) in [5, 5.41) is 17.0. The molecule has 0 radical (unpaired) electrons. The van der Waals surface area contributed by atoms with Crippen LogP contribution in [0.4, 0.5) is 18.0 Å². The maximum atomic E-state index is 14.4. The summed E-state index contributed by atoms with van der Waals surface area (Å²) in [5.74, 6) is 1.49. The molecule has 3 aliphatic carbocycles. The molecule has 0 atom stereocenters. The Labute approximate surface area is 425 Å². The molecule has 0 heterocycles. The average molecular weight is 1010 g/mol. The van der Waals surface area contributed by atoms with Gasteiger partial charge in [0.25, 0.3) is 0 Å². The van der Waals surface area contributed by atoms with Gasteiger partial charge in [-0.05, 0) is 108 Å². The minimum absolute atomic E-state index is 0.173. The molecule has 3 rings (SSSR count). The van der Waals surface area contributed by atoms with Gasteiger partial charge in [0.2, 0.25) is 0 Å². The zero-order chi connectivity index (χ0) is 51.8. The fourth-order valence-electron chi connectivity index (χ4n) is 7.94. The smallest absolute Gasteiger partial charge is 0.475 e. The summed E-state index contributed by atoms with van der Waals surface area (Å²) in [4.78, 5) is 45.2. The predicted octanol–water partition coefficient (Wildman–Crippen LogP) is 7.92. The number of urea groups is 1. The molecule has 17 nitrogen and oxygen atoms in total. The highest BCUT2D eigenvalue weighted by Crippen LogP contribution is 2.30. The van der Waals surface area contributed by atoms with Crippen LogP contribution in [0.3, 0.4) is 0 Å². The minimum atomic E-state index is -5.08. The number of hydrogen-bond acceptors (Lipinski definition) is 6. The van der Waals surface area contributed by atoms with Crippen molar-refractivity contribution in [2.45, 2.75) is 199 Å². The lowest BCUT2D eigenvalue weighted by Gasteiger charge is -2.31.